The van der Waals surface area contributed by atoms with Gasteiger partial charge in [0.2, 0.25) is 21.8 Å². The van der Waals surface area contributed by atoms with Crippen LogP contribution < -0.4 is 14.8 Å². The molecule has 0 aliphatic carbocycles. The van der Waals surface area contributed by atoms with Crippen molar-refractivity contribution in [2.24, 2.45) is 0 Å². The average molecular weight is 594 g/mol. The lowest BCUT2D eigenvalue weighted by atomic mass is 10.1. The van der Waals surface area contributed by atoms with E-state index in [9.17, 15) is 18.0 Å². The van der Waals surface area contributed by atoms with Crippen LogP contribution in [0.2, 0.25) is 0 Å². The highest BCUT2D eigenvalue weighted by Crippen LogP contribution is 2.22. The van der Waals surface area contributed by atoms with E-state index in [0.717, 1.165) is 35.3 Å². The highest BCUT2D eigenvalue weighted by Gasteiger charge is 2.28. The van der Waals surface area contributed by atoms with Crippen molar-refractivity contribution >= 4 is 21.8 Å². The van der Waals surface area contributed by atoms with E-state index < -0.39 is 16.1 Å². The van der Waals surface area contributed by atoms with Crippen molar-refractivity contribution in [3.63, 3.8) is 0 Å². The van der Waals surface area contributed by atoms with Crippen LogP contribution in [0.1, 0.15) is 42.9 Å². The Morgan fingerprint density at radius 3 is 1.90 bits per heavy atom. The molecule has 0 aromatic heterocycles. The summed E-state index contributed by atoms with van der Waals surface area (Å²) in [5.41, 5.74) is 2.64. The molecule has 4 rings (SSSR count). The Labute approximate surface area is 248 Å². The number of carbonyl (C=O) groups excluding carboxylic acids is 2. The van der Waals surface area contributed by atoms with Crippen LogP contribution in [0, 0.1) is 0 Å². The number of sulfonamides is 1. The minimum Gasteiger partial charge on any atom is -0.497 e. The van der Waals surface area contributed by atoms with Gasteiger partial charge in [-0.1, -0.05) is 36.4 Å². The summed E-state index contributed by atoms with van der Waals surface area (Å²) in [4.78, 5) is 28.6. The van der Waals surface area contributed by atoms with Crippen LogP contribution in [0.5, 0.6) is 11.5 Å². The van der Waals surface area contributed by atoms with E-state index in [2.05, 4.69) is 5.32 Å². The molecule has 3 aromatic carbocycles. The van der Waals surface area contributed by atoms with Crippen molar-refractivity contribution < 1.29 is 27.5 Å². The Hall–Kier alpha value is -3.89. The molecule has 1 fully saturated rings. The van der Waals surface area contributed by atoms with Gasteiger partial charge in [-0.3, -0.25) is 9.59 Å². The smallest absolute Gasteiger partial charge is 0.243 e. The normalized spacial score (nSPS) is 14.3. The molecule has 1 aliphatic rings. The zero-order valence-electron chi connectivity index (χ0n) is 24.4. The molecule has 1 atom stereocenters. The fourth-order valence-electron chi connectivity index (χ4n) is 4.89. The predicted octanol–water partition coefficient (Wildman–Crippen LogP) is 4.15. The molecule has 224 valence electrons. The van der Waals surface area contributed by atoms with Gasteiger partial charge in [-0.25, -0.2) is 8.42 Å². The van der Waals surface area contributed by atoms with Gasteiger partial charge in [0.1, 0.15) is 17.5 Å². The molecule has 1 unspecified atom stereocenters. The summed E-state index contributed by atoms with van der Waals surface area (Å²) < 4.78 is 37.6. The maximum absolute atomic E-state index is 13.5. The molecule has 3 aromatic rings. The molecule has 0 bridgehead atoms. The highest BCUT2D eigenvalue weighted by molar-refractivity contribution is 7.89. The van der Waals surface area contributed by atoms with E-state index in [1.807, 2.05) is 48.5 Å². The van der Waals surface area contributed by atoms with E-state index in [1.165, 1.54) is 4.31 Å². The van der Waals surface area contributed by atoms with Gasteiger partial charge >= 0.3 is 0 Å². The Kier molecular flexibility index (Phi) is 10.6. The van der Waals surface area contributed by atoms with Crippen molar-refractivity contribution in [3.8, 4) is 11.5 Å². The van der Waals surface area contributed by atoms with E-state index in [0.29, 0.717) is 31.8 Å². The van der Waals surface area contributed by atoms with Crippen LogP contribution in [0.3, 0.4) is 0 Å². The third kappa shape index (κ3) is 7.89. The largest absolute Gasteiger partial charge is 0.497 e. The Bertz CT molecular complexity index is 1440. The summed E-state index contributed by atoms with van der Waals surface area (Å²) in [5, 5.41) is 2.94. The van der Waals surface area contributed by atoms with Crippen LogP contribution >= 0.6 is 0 Å². The summed E-state index contributed by atoms with van der Waals surface area (Å²) in [7, 11) is -0.300. The molecular weight excluding hydrogens is 554 g/mol. The third-order valence-electron chi connectivity index (χ3n) is 7.56. The number of rotatable bonds is 13. The first-order chi connectivity index (χ1) is 20.2. The summed E-state index contributed by atoms with van der Waals surface area (Å²) >= 11 is 0. The zero-order valence-corrected chi connectivity index (χ0v) is 25.2. The molecule has 1 heterocycles. The Balaban J connectivity index is 1.42. The van der Waals surface area contributed by atoms with E-state index in [1.54, 1.807) is 50.3 Å². The monoisotopic (exact) mass is 593 g/mol. The molecule has 9 nitrogen and oxygen atoms in total. The predicted molar refractivity (Wildman–Crippen MR) is 161 cm³/mol. The minimum absolute atomic E-state index is 0.171. The summed E-state index contributed by atoms with van der Waals surface area (Å²) in [6.07, 6.45) is 2.35. The van der Waals surface area contributed by atoms with E-state index >= 15 is 0 Å². The van der Waals surface area contributed by atoms with Gasteiger partial charge in [-0.2, -0.15) is 4.31 Å². The van der Waals surface area contributed by atoms with Gasteiger partial charge < -0.3 is 19.7 Å². The summed E-state index contributed by atoms with van der Waals surface area (Å²) in [6.45, 7) is 3.41. The van der Waals surface area contributed by atoms with E-state index in [-0.39, 0.29) is 29.7 Å². The quantitative estimate of drug-likeness (QED) is 0.319. The number of methoxy groups -OCH3 is 2. The fraction of sp³-hybridized carbons (Fsp3) is 0.375. The second-order valence-corrected chi connectivity index (χ2v) is 12.3. The van der Waals surface area contributed by atoms with Gasteiger partial charge in [-0.05, 0) is 79.3 Å². The minimum atomic E-state index is -3.49. The fourth-order valence-corrected chi connectivity index (χ4v) is 6.41. The van der Waals surface area contributed by atoms with Crippen molar-refractivity contribution in [2.75, 3.05) is 27.3 Å². The number of aryl methyl sites for hydroxylation is 1. The molecule has 42 heavy (non-hydrogen) atoms. The van der Waals surface area contributed by atoms with Crippen molar-refractivity contribution in [2.45, 2.75) is 56.6 Å². The second kappa shape index (κ2) is 14.3. The molecule has 1 aliphatic heterocycles. The molecule has 0 radical (unpaired) electrons. The van der Waals surface area contributed by atoms with E-state index in [4.69, 9.17) is 9.47 Å². The number of hydrogen-bond acceptors (Lipinski definition) is 6. The number of hydrogen-bond donors (Lipinski definition) is 1. The molecule has 2 amide bonds. The maximum Gasteiger partial charge on any atom is 0.243 e. The number of benzene rings is 3. The van der Waals surface area contributed by atoms with Crippen LogP contribution in [-0.4, -0.2) is 62.8 Å². The van der Waals surface area contributed by atoms with Gasteiger partial charge in [0.15, 0.2) is 0 Å². The van der Waals surface area contributed by atoms with Crippen LogP contribution in [-0.2, 0) is 39.1 Å². The van der Waals surface area contributed by atoms with Gasteiger partial charge in [-0.15, -0.1) is 0 Å². The van der Waals surface area contributed by atoms with Crippen molar-refractivity contribution in [1.82, 2.24) is 14.5 Å². The van der Waals surface area contributed by atoms with Crippen LogP contribution in [0.25, 0.3) is 0 Å². The lowest BCUT2D eigenvalue weighted by Gasteiger charge is -2.29. The van der Waals surface area contributed by atoms with Gasteiger partial charge in [0.25, 0.3) is 0 Å². The average Bonchev–Trinajstić information content (AvgIpc) is 3.58. The molecule has 0 spiro atoms. The zero-order chi connectivity index (χ0) is 30.1. The summed E-state index contributed by atoms with van der Waals surface area (Å²) in [5.74, 6) is 1.01. The third-order valence-corrected chi connectivity index (χ3v) is 9.47. The van der Waals surface area contributed by atoms with Crippen LogP contribution in [0.4, 0.5) is 0 Å². The summed E-state index contributed by atoms with van der Waals surface area (Å²) in [6, 6.07) is 20.8. The number of ether oxygens (including phenoxy) is 2. The molecule has 10 heteroatoms. The second-order valence-electron chi connectivity index (χ2n) is 10.4. The Morgan fingerprint density at radius 2 is 1.36 bits per heavy atom. The first-order valence-corrected chi connectivity index (χ1v) is 15.6. The molecule has 0 saturated carbocycles. The van der Waals surface area contributed by atoms with Gasteiger partial charge in [0.05, 0.1) is 19.1 Å². The molecule has 1 saturated heterocycles. The SMILES string of the molecule is COc1ccc(CNC(=O)C(C)N(Cc2ccc(OC)cc2)C(=O)CCc2ccc(S(=O)(=O)N3CCCC3)cc2)cc1. The van der Waals surface area contributed by atoms with Crippen molar-refractivity contribution in [3.05, 3.63) is 89.5 Å². The lowest BCUT2D eigenvalue weighted by Crippen LogP contribution is -2.47. The maximum atomic E-state index is 13.5. The van der Waals surface area contributed by atoms with Crippen molar-refractivity contribution in [1.29, 1.82) is 0 Å². The highest BCUT2D eigenvalue weighted by atomic mass is 32.2. The number of nitrogens with one attached hydrogen (secondary N) is 1. The number of nitrogens with zero attached hydrogens (tertiary/aromatic N) is 2. The molecular formula is C32H39N3O6S. The standard InChI is InChI=1S/C32H39N3O6S/c1-24(32(37)33-22-26-6-13-28(40-2)14-7-26)35(23-27-8-15-29(41-3)16-9-27)31(36)19-12-25-10-17-30(18-11-25)42(38,39)34-20-4-5-21-34/h6-11,13-18,24H,4-5,12,19-23H2,1-3H3,(H,33,37). The van der Waals surface area contributed by atoms with Crippen LogP contribution in [0.15, 0.2) is 77.7 Å². The Morgan fingerprint density at radius 1 is 0.833 bits per heavy atom. The topological polar surface area (TPSA) is 105 Å². The number of amides is 2. The number of carbonyl (C=O) groups is 2. The molecule has 1 N–H and O–H groups in total. The first-order valence-electron chi connectivity index (χ1n) is 14.1. The first kappa shape index (κ1) is 31.1. The van der Waals surface area contributed by atoms with Gasteiger partial charge in [0, 0.05) is 32.6 Å². The lowest BCUT2D eigenvalue weighted by molar-refractivity contribution is -0.140.